The lowest BCUT2D eigenvalue weighted by Crippen LogP contribution is -2.33. The normalized spacial score (nSPS) is 15.3. The van der Waals surface area contributed by atoms with Crippen molar-refractivity contribution in [2.75, 3.05) is 4.90 Å². The summed E-state index contributed by atoms with van der Waals surface area (Å²) in [6.07, 6.45) is 2.36. The van der Waals surface area contributed by atoms with Gasteiger partial charge in [0.1, 0.15) is 5.58 Å². The summed E-state index contributed by atoms with van der Waals surface area (Å²) >= 11 is 0. The number of furan rings is 1. The summed E-state index contributed by atoms with van der Waals surface area (Å²) in [7, 11) is 0. The van der Waals surface area contributed by atoms with Crippen molar-refractivity contribution in [3.8, 4) is 11.1 Å². The molecule has 0 saturated heterocycles. The molecule has 8 rings (SSSR count). The first-order valence-electron chi connectivity index (χ1n) is 16.6. The van der Waals surface area contributed by atoms with Crippen LogP contribution < -0.4 is 4.90 Å². The fourth-order valence-corrected chi connectivity index (χ4v) is 7.62. The molecular formula is C44H41NO. The summed E-state index contributed by atoms with van der Waals surface area (Å²) in [4.78, 5) is 2.42. The first-order chi connectivity index (χ1) is 22.1. The van der Waals surface area contributed by atoms with Crippen molar-refractivity contribution in [3.05, 3.63) is 138 Å². The Morgan fingerprint density at radius 3 is 1.98 bits per heavy atom. The second kappa shape index (κ2) is 10.4. The molecule has 2 nitrogen and oxygen atoms in total. The van der Waals surface area contributed by atoms with Crippen LogP contribution in [0.2, 0.25) is 0 Å². The zero-order valence-electron chi connectivity index (χ0n) is 27.7. The van der Waals surface area contributed by atoms with Crippen molar-refractivity contribution in [2.45, 2.75) is 65.2 Å². The van der Waals surface area contributed by atoms with Crippen molar-refractivity contribution in [3.63, 3.8) is 0 Å². The van der Waals surface area contributed by atoms with Gasteiger partial charge in [-0.25, -0.2) is 0 Å². The van der Waals surface area contributed by atoms with Crippen LogP contribution in [0.4, 0.5) is 17.1 Å². The molecule has 0 saturated carbocycles. The van der Waals surface area contributed by atoms with Gasteiger partial charge in [0.2, 0.25) is 0 Å². The number of hydrogen-bond donors (Lipinski definition) is 0. The zero-order chi connectivity index (χ0) is 31.8. The van der Waals surface area contributed by atoms with Gasteiger partial charge in [-0.05, 0) is 124 Å². The minimum atomic E-state index is 0.113. The molecule has 0 radical (unpaired) electrons. The third kappa shape index (κ3) is 4.54. The summed E-state index contributed by atoms with van der Waals surface area (Å²) in [5.74, 6) is 0. The molecule has 0 fully saturated rings. The van der Waals surface area contributed by atoms with Crippen molar-refractivity contribution >= 4 is 49.8 Å². The van der Waals surface area contributed by atoms with Gasteiger partial charge in [-0.1, -0.05) is 100 Å². The maximum atomic E-state index is 7.03. The Balaban J connectivity index is 1.44. The fraction of sp³-hybridized carbons (Fsp3) is 0.227. The van der Waals surface area contributed by atoms with Crippen molar-refractivity contribution in [2.24, 2.45) is 0 Å². The second-order valence-electron chi connectivity index (χ2n) is 14.6. The monoisotopic (exact) mass is 599 g/mol. The lowest BCUT2D eigenvalue weighted by Gasteiger charge is -2.41. The van der Waals surface area contributed by atoms with Crippen LogP contribution in [0.3, 0.4) is 0 Å². The highest BCUT2D eigenvalue weighted by molar-refractivity contribution is 6.12. The van der Waals surface area contributed by atoms with Gasteiger partial charge in [0.15, 0.2) is 5.58 Å². The maximum absolute atomic E-state index is 7.03. The zero-order valence-corrected chi connectivity index (χ0v) is 27.7. The van der Waals surface area contributed by atoms with Gasteiger partial charge < -0.3 is 9.32 Å². The van der Waals surface area contributed by atoms with E-state index in [2.05, 4.69) is 162 Å². The van der Waals surface area contributed by atoms with E-state index in [1.54, 1.807) is 0 Å². The van der Waals surface area contributed by atoms with E-state index < -0.39 is 0 Å². The lowest BCUT2D eigenvalue weighted by molar-refractivity contribution is 0.332. The molecule has 0 amide bonds. The van der Waals surface area contributed by atoms with Crippen LogP contribution in [0.5, 0.6) is 0 Å². The van der Waals surface area contributed by atoms with E-state index in [4.69, 9.17) is 4.42 Å². The Hall–Kier alpha value is -4.82. The van der Waals surface area contributed by atoms with Gasteiger partial charge in [-0.15, -0.1) is 0 Å². The average molecular weight is 600 g/mol. The first kappa shape index (κ1) is 28.6. The summed E-state index contributed by atoms with van der Waals surface area (Å²) in [6, 6.07) is 42.1. The minimum absolute atomic E-state index is 0.113. The smallest absolute Gasteiger partial charge is 0.159 e. The number of aryl methyl sites for hydroxylation is 1. The Morgan fingerprint density at radius 1 is 0.565 bits per heavy atom. The molecule has 0 spiro atoms. The van der Waals surface area contributed by atoms with Crippen molar-refractivity contribution in [1.29, 1.82) is 0 Å². The molecule has 1 aliphatic carbocycles. The second-order valence-corrected chi connectivity index (χ2v) is 14.6. The van der Waals surface area contributed by atoms with Gasteiger partial charge in [0.25, 0.3) is 0 Å². The van der Waals surface area contributed by atoms with E-state index in [0.717, 1.165) is 28.2 Å². The largest absolute Gasteiger partial charge is 0.454 e. The van der Waals surface area contributed by atoms with Crippen LogP contribution in [0, 0.1) is 13.8 Å². The van der Waals surface area contributed by atoms with E-state index in [-0.39, 0.29) is 10.8 Å². The SMILES string of the molecule is Cc1cc2c(oc3cc4c(cc32)C(C)(C)CCC4(C)C)c(N(c2cccc(-c3ccccc3)c2)c2ccc3ccccc3c2)c1C. The molecule has 1 heterocycles. The van der Waals surface area contributed by atoms with E-state index in [0.29, 0.717) is 0 Å². The molecule has 0 unspecified atom stereocenters. The highest BCUT2D eigenvalue weighted by Gasteiger charge is 2.38. The molecule has 46 heavy (non-hydrogen) atoms. The van der Waals surface area contributed by atoms with Gasteiger partial charge in [0, 0.05) is 22.1 Å². The lowest BCUT2D eigenvalue weighted by atomic mass is 9.63. The van der Waals surface area contributed by atoms with Crippen LogP contribution in [-0.2, 0) is 10.8 Å². The molecule has 0 aliphatic heterocycles. The molecule has 1 aromatic heterocycles. The summed E-state index contributed by atoms with van der Waals surface area (Å²) in [6.45, 7) is 14.0. The highest BCUT2D eigenvalue weighted by atomic mass is 16.3. The number of benzene rings is 6. The Bertz CT molecular complexity index is 2290. The third-order valence-corrected chi connectivity index (χ3v) is 10.6. The molecule has 7 aromatic rings. The number of rotatable bonds is 4. The predicted molar refractivity (Wildman–Crippen MR) is 196 cm³/mol. The van der Waals surface area contributed by atoms with Gasteiger partial charge in [-0.3, -0.25) is 0 Å². The maximum Gasteiger partial charge on any atom is 0.159 e. The molecule has 0 N–H and O–H groups in total. The average Bonchev–Trinajstić information content (AvgIpc) is 3.42. The van der Waals surface area contributed by atoms with Crippen LogP contribution in [0.25, 0.3) is 43.8 Å². The highest BCUT2D eigenvalue weighted by Crippen LogP contribution is 2.50. The Kier molecular flexibility index (Phi) is 6.45. The summed E-state index contributed by atoms with van der Waals surface area (Å²) in [5.41, 5.74) is 13.2. The number of fused-ring (bicyclic) bond motifs is 5. The molecule has 0 bridgehead atoms. The third-order valence-electron chi connectivity index (χ3n) is 10.6. The van der Waals surface area contributed by atoms with Crippen LogP contribution in [0.15, 0.2) is 120 Å². The number of nitrogens with zero attached hydrogens (tertiary/aromatic N) is 1. The quantitative estimate of drug-likeness (QED) is 0.200. The molecule has 0 atom stereocenters. The fourth-order valence-electron chi connectivity index (χ4n) is 7.62. The van der Waals surface area contributed by atoms with Crippen molar-refractivity contribution < 1.29 is 4.42 Å². The predicted octanol–water partition coefficient (Wildman–Crippen LogP) is 12.8. The molecular weight excluding hydrogens is 558 g/mol. The van der Waals surface area contributed by atoms with Crippen LogP contribution >= 0.6 is 0 Å². The Morgan fingerprint density at radius 2 is 1.22 bits per heavy atom. The topological polar surface area (TPSA) is 16.4 Å². The molecule has 228 valence electrons. The molecule has 6 aromatic carbocycles. The van der Waals surface area contributed by atoms with Gasteiger partial charge in [0.05, 0.1) is 5.69 Å². The summed E-state index contributed by atoms with van der Waals surface area (Å²) < 4.78 is 7.03. The van der Waals surface area contributed by atoms with E-state index in [9.17, 15) is 0 Å². The minimum Gasteiger partial charge on any atom is -0.454 e. The number of anilines is 3. The van der Waals surface area contributed by atoms with Crippen LogP contribution in [0.1, 0.15) is 62.8 Å². The molecule has 2 heteroatoms. The van der Waals surface area contributed by atoms with E-state index in [1.807, 2.05) is 0 Å². The number of hydrogen-bond acceptors (Lipinski definition) is 2. The van der Waals surface area contributed by atoms with Crippen LogP contribution in [-0.4, -0.2) is 0 Å². The Labute approximate surface area is 272 Å². The van der Waals surface area contributed by atoms with Crippen molar-refractivity contribution in [1.82, 2.24) is 0 Å². The van der Waals surface area contributed by atoms with Gasteiger partial charge >= 0.3 is 0 Å². The summed E-state index contributed by atoms with van der Waals surface area (Å²) in [5, 5.41) is 4.84. The van der Waals surface area contributed by atoms with E-state index >= 15 is 0 Å². The molecule has 1 aliphatic rings. The standard InChI is InChI=1S/C44H41NO/c1-28-23-37-36-26-38-39(44(5,6)22-21-43(38,3)4)27-40(36)46-42(37)41(29(28)2)45(35-20-19-31-15-10-11-16-32(31)25-35)34-18-12-17-33(24-34)30-13-8-7-9-14-30/h7-20,23-27H,21-22H2,1-6H3. The first-order valence-corrected chi connectivity index (χ1v) is 16.6. The van der Waals surface area contributed by atoms with Gasteiger partial charge in [-0.2, -0.15) is 0 Å². The van der Waals surface area contributed by atoms with E-state index in [1.165, 1.54) is 67.8 Å².